The van der Waals surface area contributed by atoms with E-state index in [2.05, 4.69) is 15.2 Å². The van der Waals surface area contributed by atoms with Gasteiger partial charge in [-0.15, -0.1) is 0 Å². The van der Waals surface area contributed by atoms with E-state index in [-0.39, 0.29) is 17.6 Å². The summed E-state index contributed by atoms with van der Waals surface area (Å²) in [6.45, 7) is 1.48. The molecule has 1 N–H and O–H groups in total. The highest BCUT2D eigenvalue weighted by Gasteiger charge is 2.26. The highest BCUT2D eigenvalue weighted by molar-refractivity contribution is 7.22. The van der Waals surface area contributed by atoms with Crippen LogP contribution in [0.1, 0.15) is 12.8 Å². The van der Waals surface area contributed by atoms with Gasteiger partial charge < -0.3 is 15.0 Å². The fourth-order valence-corrected chi connectivity index (χ4v) is 4.64. The van der Waals surface area contributed by atoms with Crippen molar-refractivity contribution in [1.29, 1.82) is 0 Å². The van der Waals surface area contributed by atoms with E-state index in [0.717, 1.165) is 41.3 Å². The zero-order valence-electron chi connectivity index (χ0n) is 15.2. The quantitative estimate of drug-likeness (QED) is 0.649. The van der Waals surface area contributed by atoms with Crippen LogP contribution in [0, 0.1) is 11.7 Å². The number of thiazole rings is 1. The van der Waals surface area contributed by atoms with Crippen LogP contribution in [-0.2, 0) is 4.79 Å². The molecule has 0 aliphatic carbocycles. The van der Waals surface area contributed by atoms with Crippen LogP contribution in [-0.4, -0.2) is 31.1 Å². The Labute approximate surface area is 171 Å². The average Bonchev–Trinajstić information content (AvgIpc) is 3.11. The van der Waals surface area contributed by atoms with Gasteiger partial charge in [0.2, 0.25) is 5.91 Å². The van der Waals surface area contributed by atoms with Crippen LogP contribution in [0.2, 0.25) is 5.02 Å². The number of hydrogen-bond donors (Lipinski definition) is 1. The summed E-state index contributed by atoms with van der Waals surface area (Å²) in [6.07, 6.45) is 1.47. The summed E-state index contributed by atoms with van der Waals surface area (Å²) < 4.78 is 19.3. The van der Waals surface area contributed by atoms with Crippen molar-refractivity contribution in [2.24, 2.45) is 5.92 Å². The first-order valence-electron chi connectivity index (χ1n) is 8.99. The fraction of sp³-hybridized carbons (Fsp3) is 0.300. The monoisotopic (exact) mass is 419 g/mol. The SMILES string of the molecule is COc1ccc(NC(=O)C2CCN(c3nc4ccc(F)cc4s3)CC2)cc1Cl. The summed E-state index contributed by atoms with van der Waals surface area (Å²) >= 11 is 7.60. The lowest BCUT2D eigenvalue weighted by Crippen LogP contribution is -2.38. The van der Waals surface area contributed by atoms with Crippen molar-refractivity contribution in [1.82, 2.24) is 4.98 Å². The summed E-state index contributed by atoms with van der Waals surface area (Å²) in [5.41, 5.74) is 1.46. The first-order chi connectivity index (χ1) is 13.5. The molecule has 1 aliphatic heterocycles. The lowest BCUT2D eigenvalue weighted by molar-refractivity contribution is -0.120. The van der Waals surface area contributed by atoms with Crippen molar-refractivity contribution in [3.63, 3.8) is 0 Å². The molecule has 146 valence electrons. The molecule has 5 nitrogen and oxygen atoms in total. The minimum atomic E-state index is -0.253. The van der Waals surface area contributed by atoms with E-state index in [4.69, 9.17) is 16.3 Å². The Kier molecular flexibility index (Phi) is 5.37. The fourth-order valence-electron chi connectivity index (χ4n) is 3.34. The molecule has 2 heterocycles. The number of carbonyl (C=O) groups excluding carboxylic acids is 1. The maximum absolute atomic E-state index is 13.4. The van der Waals surface area contributed by atoms with E-state index >= 15 is 0 Å². The van der Waals surface area contributed by atoms with Crippen molar-refractivity contribution in [2.75, 3.05) is 30.4 Å². The number of ether oxygens (including phenoxy) is 1. The summed E-state index contributed by atoms with van der Waals surface area (Å²) in [5.74, 6) is 0.247. The summed E-state index contributed by atoms with van der Waals surface area (Å²) in [4.78, 5) is 19.4. The number of nitrogens with one attached hydrogen (secondary N) is 1. The van der Waals surface area contributed by atoms with Crippen molar-refractivity contribution in [3.05, 3.63) is 47.2 Å². The number of amides is 1. The van der Waals surface area contributed by atoms with Crippen LogP contribution >= 0.6 is 22.9 Å². The highest BCUT2D eigenvalue weighted by atomic mass is 35.5. The van der Waals surface area contributed by atoms with Crippen LogP contribution in [0.5, 0.6) is 5.75 Å². The van der Waals surface area contributed by atoms with Gasteiger partial charge in [-0.2, -0.15) is 0 Å². The predicted molar refractivity (Wildman–Crippen MR) is 111 cm³/mol. The summed E-state index contributed by atoms with van der Waals surface area (Å²) in [5, 5.41) is 4.27. The summed E-state index contributed by atoms with van der Waals surface area (Å²) in [7, 11) is 1.55. The summed E-state index contributed by atoms with van der Waals surface area (Å²) in [6, 6.07) is 9.83. The van der Waals surface area contributed by atoms with Gasteiger partial charge in [0.1, 0.15) is 11.6 Å². The number of benzene rings is 2. The van der Waals surface area contributed by atoms with Gasteiger partial charge in [-0.1, -0.05) is 22.9 Å². The van der Waals surface area contributed by atoms with Crippen LogP contribution in [0.3, 0.4) is 0 Å². The Bertz CT molecular complexity index is 1020. The molecule has 0 saturated carbocycles. The topological polar surface area (TPSA) is 54.5 Å². The number of anilines is 2. The minimum absolute atomic E-state index is 0.00717. The maximum Gasteiger partial charge on any atom is 0.227 e. The molecule has 8 heteroatoms. The Morgan fingerprint density at radius 2 is 2.07 bits per heavy atom. The number of fused-ring (bicyclic) bond motifs is 1. The standard InChI is InChI=1S/C20H19ClFN3O2S/c1-27-17-5-3-14(11-15(17)21)23-19(26)12-6-8-25(9-7-12)20-24-16-4-2-13(22)10-18(16)28-20/h2-5,10-12H,6-9H2,1H3,(H,23,26). The second-order valence-corrected chi connectivity index (χ2v) is 8.12. The Morgan fingerprint density at radius 3 is 2.79 bits per heavy atom. The lowest BCUT2D eigenvalue weighted by atomic mass is 9.96. The third-order valence-electron chi connectivity index (χ3n) is 4.89. The van der Waals surface area contributed by atoms with Gasteiger partial charge >= 0.3 is 0 Å². The number of hydrogen-bond acceptors (Lipinski definition) is 5. The number of rotatable bonds is 4. The molecular formula is C20H19ClFN3O2S. The smallest absolute Gasteiger partial charge is 0.227 e. The average molecular weight is 420 g/mol. The molecule has 28 heavy (non-hydrogen) atoms. The number of halogens is 2. The van der Waals surface area contributed by atoms with Gasteiger partial charge in [-0.05, 0) is 49.2 Å². The van der Waals surface area contributed by atoms with Gasteiger partial charge in [-0.3, -0.25) is 4.79 Å². The van der Waals surface area contributed by atoms with Crippen LogP contribution < -0.4 is 15.0 Å². The first kappa shape index (κ1) is 19.0. The molecule has 0 radical (unpaired) electrons. The Morgan fingerprint density at radius 1 is 1.29 bits per heavy atom. The highest BCUT2D eigenvalue weighted by Crippen LogP contribution is 2.32. The third kappa shape index (κ3) is 3.91. The van der Waals surface area contributed by atoms with Crippen LogP contribution in [0.15, 0.2) is 36.4 Å². The number of nitrogens with zero attached hydrogens (tertiary/aromatic N) is 2. The number of aromatic nitrogens is 1. The van der Waals surface area contributed by atoms with Crippen LogP contribution in [0.25, 0.3) is 10.2 Å². The van der Waals surface area contributed by atoms with Crippen molar-refractivity contribution >= 4 is 49.9 Å². The van der Waals surface area contributed by atoms with Gasteiger partial charge in [0, 0.05) is 24.7 Å². The molecule has 1 aliphatic rings. The minimum Gasteiger partial charge on any atom is -0.495 e. The molecule has 1 aromatic heterocycles. The molecule has 1 fully saturated rings. The van der Waals surface area contributed by atoms with Crippen molar-refractivity contribution < 1.29 is 13.9 Å². The molecule has 2 aromatic carbocycles. The Hall–Kier alpha value is -2.38. The van der Waals surface area contributed by atoms with E-state index in [1.165, 1.54) is 23.5 Å². The van der Waals surface area contributed by atoms with E-state index in [1.54, 1.807) is 31.4 Å². The first-order valence-corrected chi connectivity index (χ1v) is 10.2. The third-order valence-corrected chi connectivity index (χ3v) is 6.27. The number of carbonyl (C=O) groups is 1. The molecule has 3 aromatic rings. The van der Waals surface area contributed by atoms with Gasteiger partial charge in [-0.25, -0.2) is 9.37 Å². The second-order valence-electron chi connectivity index (χ2n) is 6.71. The molecule has 0 atom stereocenters. The molecule has 1 saturated heterocycles. The Balaban J connectivity index is 1.37. The van der Waals surface area contributed by atoms with Crippen molar-refractivity contribution in [2.45, 2.75) is 12.8 Å². The molecule has 1 amide bonds. The maximum atomic E-state index is 13.4. The normalized spacial score (nSPS) is 15.0. The van der Waals surface area contributed by atoms with E-state index in [0.29, 0.717) is 16.5 Å². The van der Waals surface area contributed by atoms with Crippen molar-refractivity contribution in [3.8, 4) is 5.75 Å². The van der Waals surface area contributed by atoms with Gasteiger partial charge in [0.25, 0.3) is 0 Å². The number of methoxy groups -OCH3 is 1. The predicted octanol–water partition coefficient (Wildman–Crippen LogP) is 4.95. The molecule has 0 unspecified atom stereocenters. The molecule has 0 spiro atoms. The number of piperidine rings is 1. The molecule has 4 rings (SSSR count). The zero-order chi connectivity index (χ0) is 19.7. The zero-order valence-corrected chi connectivity index (χ0v) is 16.8. The van der Waals surface area contributed by atoms with Gasteiger partial charge in [0.15, 0.2) is 5.13 Å². The van der Waals surface area contributed by atoms with Crippen LogP contribution in [0.4, 0.5) is 15.2 Å². The van der Waals surface area contributed by atoms with E-state index in [1.807, 2.05) is 0 Å². The molecule has 0 bridgehead atoms. The largest absolute Gasteiger partial charge is 0.495 e. The lowest BCUT2D eigenvalue weighted by Gasteiger charge is -2.31. The molecular weight excluding hydrogens is 401 g/mol. The van der Waals surface area contributed by atoms with Gasteiger partial charge in [0.05, 0.1) is 22.3 Å². The van der Waals surface area contributed by atoms with E-state index in [9.17, 15) is 9.18 Å². The second kappa shape index (κ2) is 7.93. The van der Waals surface area contributed by atoms with E-state index < -0.39 is 0 Å².